The summed E-state index contributed by atoms with van der Waals surface area (Å²) < 4.78 is 36.5. The van der Waals surface area contributed by atoms with Gasteiger partial charge in [0.25, 0.3) is 5.91 Å². The van der Waals surface area contributed by atoms with Crippen molar-refractivity contribution in [3.05, 3.63) is 70.3 Å². The molecular weight excluding hydrogens is 616 g/mol. The van der Waals surface area contributed by atoms with Crippen LogP contribution in [-0.2, 0) is 26.8 Å². The number of aliphatic hydroxyl groups excluding tert-OH is 1. The van der Waals surface area contributed by atoms with Crippen molar-refractivity contribution in [3.63, 3.8) is 0 Å². The van der Waals surface area contributed by atoms with Crippen LogP contribution in [0.15, 0.2) is 48.6 Å². The topological polar surface area (TPSA) is 119 Å². The molecule has 242 valence electrons. The molecule has 2 aliphatic carbocycles. The second-order valence-electron chi connectivity index (χ2n) is 13.1. The van der Waals surface area contributed by atoms with E-state index in [0.717, 1.165) is 42.1 Å². The van der Waals surface area contributed by atoms with E-state index in [1.54, 1.807) is 44.4 Å². The second-order valence-corrected chi connectivity index (χ2v) is 15.2. The number of hydrogen-bond acceptors (Lipinski definition) is 7. The fourth-order valence-corrected chi connectivity index (χ4v) is 8.53. The van der Waals surface area contributed by atoms with Crippen molar-refractivity contribution in [1.29, 1.82) is 0 Å². The van der Waals surface area contributed by atoms with Crippen LogP contribution in [0.5, 0.6) is 5.75 Å². The highest BCUT2D eigenvalue weighted by atomic mass is 35.5. The maximum atomic E-state index is 13.5. The molecular formula is C33H41ClN4O6S. The molecule has 0 aromatic heterocycles. The first kappa shape index (κ1) is 31.8. The zero-order chi connectivity index (χ0) is 31.9. The van der Waals surface area contributed by atoms with Gasteiger partial charge in [-0.25, -0.2) is 4.72 Å². The van der Waals surface area contributed by atoms with Crippen LogP contribution in [-0.4, -0.2) is 87.5 Å². The Labute approximate surface area is 270 Å². The predicted octanol–water partition coefficient (Wildman–Crippen LogP) is 3.52. The third kappa shape index (κ3) is 6.45. The first-order chi connectivity index (χ1) is 21.5. The molecule has 4 aliphatic rings. The lowest BCUT2D eigenvalue weighted by Crippen LogP contribution is -2.49. The van der Waals surface area contributed by atoms with Crippen molar-refractivity contribution in [2.24, 2.45) is 11.8 Å². The average molecular weight is 657 g/mol. The van der Waals surface area contributed by atoms with Gasteiger partial charge >= 0.3 is 10.2 Å². The van der Waals surface area contributed by atoms with E-state index in [1.807, 2.05) is 12.1 Å². The van der Waals surface area contributed by atoms with Crippen molar-refractivity contribution in [2.45, 2.75) is 50.0 Å². The van der Waals surface area contributed by atoms with Crippen LogP contribution in [0.25, 0.3) is 0 Å². The van der Waals surface area contributed by atoms with Crippen LogP contribution < -0.4 is 14.4 Å². The van der Waals surface area contributed by atoms with Gasteiger partial charge in [-0.15, -0.1) is 0 Å². The van der Waals surface area contributed by atoms with Gasteiger partial charge in [-0.1, -0.05) is 29.8 Å². The van der Waals surface area contributed by atoms with E-state index in [9.17, 15) is 23.1 Å². The van der Waals surface area contributed by atoms with Crippen LogP contribution >= 0.6 is 11.6 Å². The molecule has 6 rings (SSSR count). The number of aryl methyl sites for hydroxylation is 1. The smallest absolute Gasteiger partial charge is 0.304 e. The fourth-order valence-electron chi connectivity index (χ4n) is 7.22. The molecule has 1 fully saturated rings. The molecule has 12 heteroatoms. The van der Waals surface area contributed by atoms with E-state index >= 15 is 0 Å². The van der Waals surface area contributed by atoms with Crippen LogP contribution in [0, 0.1) is 11.8 Å². The quantitative estimate of drug-likeness (QED) is 0.475. The number of nitrogens with zero attached hydrogens (tertiary/aromatic N) is 3. The summed E-state index contributed by atoms with van der Waals surface area (Å²) in [6.07, 6.45) is 7.83. The summed E-state index contributed by atoms with van der Waals surface area (Å²) >= 11 is 6.39. The van der Waals surface area contributed by atoms with Gasteiger partial charge in [-0.2, -0.15) is 12.7 Å². The number of carbonyl (C=O) groups is 2. The lowest BCUT2D eigenvalue weighted by atomic mass is 9.68. The molecule has 2 N–H and O–H groups in total. The Balaban J connectivity index is 1.39. The third-order valence-electron chi connectivity index (χ3n) is 9.92. The zero-order valence-electron chi connectivity index (χ0n) is 25.7. The molecule has 2 aromatic carbocycles. The summed E-state index contributed by atoms with van der Waals surface area (Å²) in [6, 6.07) is 11.1. The van der Waals surface area contributed by atoms with Crippen molar-refractivity contribution in [1.82, 2.24) is 13.9 Å². The van der Waals surface area contributed by atoms with E-state index in [0.29, 0.717) is 30.5 Å². The first-order valence-corrected chi connectivity index (χ1v) is 17.5. The number of carbonyl (C=O) groups excluding carboxylic acids is 2. The number of nitrogens with one attached hydrogen (secondary N) is 1. The summed E-state index contributed by atoms with van der Waals surface area (Å²) in [4.78, 5) is 29.6. The Morgan fingerprint density at radius 3 is 2.78 bits per heavy atom. The van der Waals surface area contributed by atoms with Crippen LogP contribution in [0.1, 0.15) is 53.6 Å². The van der Waals surface area contributed by atoms with Crippen LogP contribution in [0.4, 0.5) is 5.69 Å². The minimum Gasteiger partial charge on any atom is -0.490 e. The number of ether oxygens (including phenoxy) is 1. The Morgan fingerprint density at radius 1 is 1.20 bits per heavy atom. The van der Waals surface area contributed by atoms with E-state index in [1.165, 1.54) is 16.0 Å². The Bertz CT molecular complexity index is 1610. The maximum Gasteiger partial charge on any atom is 0.304 e. The normalized spacial score (nSPS) is 28.8. The molecule has 45 heavy (non-hydrogen) atoms. The number of amides is 2. The molecule has 1 saturated carbocycles. The number of fused-ring (bicyclic) bond motifs is 4. The highest BCUT2D eigenvalue weighted by Crippen LogP contribution is 2.46. The Kier molecular flexibility index (Phi) is 8.91. The largest absolute Gasteiger partial charge is 0.490 e. The summed E-state index contributed by atoms with van der Waals surface area (Å²) in [5.41, 5.74) is 3.04. The molecule has 10 nitrogen and oxygen atoms in total. The molecule has 1 spiro atoms. The number of likely N-dealkylation sites (N-methyl/N-ethyl adjacent to an activating group) is 1. The van der Waals surface area contributed by atoms with Gasteiger partial charge in [0, 0.05) is 49.7 Å². The highest BCUT2D eigenvalue weighted by Gasteiger charge is 2.44. The Morgan fingerprint density at radius 2 is 2.02 bits per heavy atom. The summed E-state index contributed by atoms with van der Waals surface area (Å²) in [5.74, 6) is -0.293. The summed E-state index contributed by atoms with van der Waals surface area (Å²) in [5, 5.41) is 11.9. The minimum absolute atomic E-state index is 0.0277. The second kappa shape index (κ2) is 12.6. The first-order valence-electron chi connectivity index (χ1n) is 15.6. The summed E-state index contributed by atoms with van der Waals surface area (Å²) in [6.45, 7) is 1.32. The van der Waals surface area contributed by atoms with E-state index in [2.05, 4.69) is 15.7 Å². The number of hydrogen-bond donors (Lipinski definition) is 2. The number of rotatable bonds is 2. The van der Waals surface area contributed by atoms with E-state index in [-0.39, 0.29) is 35.8 Å². The zero-order valence-corrected chi connectivity index (χ0v) is 27.3. The van der Waals surface area contributed by atoms with E-state index < -0.39 is 34.7 Å². The molecule has 2 aliphatic heterocycles. The van der Waals surface area contributed by atoms with Gasteiger partial charge in [-0.3, -0.25) is 9.59 Å². The van der Waals surface area contributed by atoms with Gasteiger partial charge in [0.05, 0.1) is 24.9 Å². The van der Waals surface area contributed by atoms with Gasteiger partial charge in [0.15, 0.2) is 0 Å². The van der Waals surface area contributed by atoms with Gasteiger partial charge < -0.3 is 19.6 Å². The molecule has 0 unspecified atom stereocenters. The monoisotopic (exact) mass is 656 g/mol. The lowest BCUT2D eigenvalue weighted by molar-refractivity contribution is -0.128. The molecule has 2 aromatic rings. The average Bonchev–Trinajstić information content (AvgIpc) is 3.12. The molecule has 4 atom stereocenters. The van der Waals surface area contributed by atoms with Crippen LogP contribution in [0.2, 0.25) is 5.02 Å². The van der Waals surface area contributed by atoms with Gasteiger partial charge in [0.1, 0.15) is 5.75 Å². The van der Waals surface area contributed by atoms with Crippen molar-refractivity contribution >= 4 is 39.3 Å². The Hall–Kier alpha value is -3.12. The number of aliphatic hydroxyl groups is 1. The molecule has 0 radical (unpaired) electrons. The van der Waals surface area contributed by atoms with Gasteiger partial charge in [-0.05, 0) is 91.8 Å². The molecule has 2 heterocycles. The highest BCUT2D eigenvalue weighted by molar-refractivity contribution is 7.87. The van der Waals surface area contributed by atoms with Crippen molar-refractivity contribution < 1.29 is 27.9 Å². The lowest BCUT2D eigenvalue weighted by Gasteiger charge is -2.45. The molecule has 0 saturated heterocycles. The van der Waals surface area contributed by atoms with Crippen molar-refractivity contribution in [2.75, 3.05) is 51.8 Å². The third-order valence-corrected chi connectivity index (χ3v) is 11.6. The number of benzene rings is 2. The standard InChI is InChI=1S/C33H41ClN4O6S/c1-36(2)31(40)19-38-15-4-3-7-29(39)26-11-8-24(26)18-37-20-33(14-5-6-22-16-25(34)10-12-27(22)33)21-44-30-13-9-23(17-28(30)37)32(41)35-45(38,42)43/h3,7,9-10,12-13,16-17,24,26,29,39H,4-6,8,11,14-15,18-21H2,1-2H3,(H,35,41)/b7-3+/t24-,26+,29-,33-/m0/s1. The maximum absolute atomic E-state index is 13.5. The SMILES string of the molecule is CN(C)C(=O)CN1CC/C=C/[C@H](O)[C@@H]2CC[C@H]2CN2C[C@@]3(CCCc4cc(Cl)ccc43)COc3ccc(cc32)C(=O)NS1(=O)=O. The number of halogens is 1. The predicted molar refractivity (Wildman–Crippen MR) is 173 cm³/mol. The van der Waals surface area contributed by atoms with Crippen LogP contribution in [0.3, 0.4) is 0 Å². The molecule has 2 amide bonds. The fraction of sp³-hybridized carbons (Fsp3) is 0.515. The minimum atomic E-state index is -4.37. The summed E-state index contributed by atoms with van der Waals surface area (Å²) in [7, 11) is -1.27. The van der Waals surface area contributed by atoms with Crippen molar-refractivity contribution in [3.8, 4) is 5.75 Å². The number of anilines is 1. The van der Waals surface area contributed by atoms with Gasteiger partial charge in [0.2, 0.25) is 5.91 Å². The van der Waals surface area contributed by atoms with E-state index in [4.69, 9.17) is 16.3 Å². The molecule has 2 bridgehead atoms.